The molecule has 92 valence electrons. The Morgan fingerprint density at radius 1 is 1.44 bits per heavy atom. The number of nitrogens with one attached hydrogen (secondary N) is 1. The van der Waals surface area contributed by atoms with Gasteiger partial charge in [0.15, 0.2) is 9.84 Å². The molecule has 1 aromatic rings. The molecule has 0 amide bonds. The van der Waals surface area contributed by atoms with Gasteiger partial charge in [-0.1, -0.05) is 0 Å². The number of halogens is 2. The van der Waals surface area contributed by atoms with Gasteiger partial charge in [0.2, 0.25) is 0 Å². The fraction of sp³-hybridized carbons (Fsp3) is 0.556. The second-order valence-electron chi connectivity index (χ2n) is 3.58. The van der Waals surface area contributed by atoms with Gasteiger partial charge in [0.05, 0.1) is 18.9 Å². The van der Waals surface area contributed by atoms with Gasteiger partial charge < -0.3 is 5.32 Å². The first-order valence-electron chi connectivity index (χ1n) is 4.58. The van der Waals surface area contributed by atoms with E-state index >= 15 is 0 Å². The lowest BCUT2D eigenvalue weighted by Gasteiger charge is -2.21. The topological polar surface area (TPSA) is 46.2 Å². The van der Waals surface area contributed by atoms with E-state index in [1.807, 2.05) is 6.07 Å². The zero-order valence-corrected chi connectivity index (χ0v) is 13.9. The van der Waals surface area contributed by atoms with Crippen LogP contribution in [0, 0.1) is 0 Å². The molecule has 0 spiro atoms. The number of sulfone groups is 1. The van der Waals surface area contributed by atoms with Crippen LogP contribution < -0.4 is 5.32 Å². The molecule has 0 radical (unpaired) electrons. The summed E-state index contributed by atoms with van der Waals surface area (Å²) in [6.45, 7) is 1.72. The fourth-order valence-corrected chi connectivity index (χ4v) is 5.16. The van der Waals surface area contributed by atoms with Crippen molar-refractivity contribution in [1.29, 1.82) is 0 Å². The molecule has 1 rings (SSSR count). The third-order valence-electron chi connectivity index (χ3n) is 2.47. The van der Waals surface area contributed by atoms with E-state index in [0.29, 0.717) is 0 Å². The molecule has 2 unspecified atom stereocenters. The van der Waals surface area contributed by atoms with E-state index in [9.17, 15) is 8.42 Å². The predicted octanol–water partition coefficient (Wildman–Crippen LogP) is 2.97. The van der Waals surface area contributed by atoms with E-state index in [1.54, 1.807) is 14.0 Å². The lowest BCUT2D eigenvalue weighted by Crippen LogP contribution is -2.32. The van der Waals surface area contributed by atoms with Crippen LogP contribution in [0.2, 0.25) is 0 Å². The minimum atomic E-state index is -3.06. The van der Waals surface area contributed by atoms with Crippen LogP contribution >= 0.6 is 43.2 Å². The Hall–Kier alpha value is 0.570. The molecule has 0 fully saturated rings. The highest BCUT2D eigenvalue weighted by molar-refractivity contribution is 9.12. The first kappa shape index (κ1) is 14.6. The zero-order valence-electron chi connectivity index (χ0n) is 9.12. The first-order valence-corrected chi connectivity index (χ1v) is 8.94. The molecule has 1 aromatic heterocycles. The largest absolute Gasteiger partial charge is 0.312 e. The molecule has 0 saturated carbocycles. The predicted molar refractivity (Wildman–Crippen MR) is 75.8 cm³/mol. The summed E-state index contributed by atoms with van der Waals surface area (Å²) in [7, 11) is -1.30. The summed E-state index contributed by atoms with van der Waals surface area (Å²) in [5.41, 5.74) is 0.970. The van der Waals surface area contributed by atoms with E-state index in [1.165, 1.54) is 17.6 Å². The molecule has 0 aliphatic heterocycles. The Bertz CT molecular complexity index is 470. The minimum absolute atomic E-state index is 0.202. The molecule has 1 heterocycles. The molecule has 7 heteroatoms. The van der Waals surface area contributed by atoms with Gasteiger partial charge in [-0.3, -0.25) is 0 Å². The molecule has 2 atom stereocenters. The van der Waals surface area contributed by atoms with Gasteiger partial charge in [0.25, 0.3) is 0 Å². The summed E-state index contributed by atoms with van der Waals surface area (Å²) in [6, 6.07) is 1.74. The van der Waals surface area contributed by atoms with E-state index in [4.69, 9.17) is 0 Å². The van der Waals surface area contributed by atoms with Crippen molar-refractivity contribution in [2.24, 2.45) is 0 Å². The highest BCUT2D eigenvalue weighted by Crippen LogP contribution is 2.37. The van der Waals surface area contributed by atoms with Crippen molar-refractivity contribution >= 4 is 53.0 Å². The monoisotopic (exact) mass is 389 g/mol. The van der Waals surface area contributed by atoms with Gasteiger partial charge in [0.1, 0.15) is 0 Å². The van der Waals surface area contributed by atoms with Crippen molar-refractivity contribution in [3.8, 4) is 0 Å². The molecule has 0 saturated heterocycles. The van der Waals surface area contributed by atoms with Crippen LogP contribution in [-0.4, -0.2) is 27.0 Å². The van der Waals surface area contributed by atoms with Gasteiger partial charge >= 0.3 is 0 Å². The molecule has 0 aliphatic carbocycles. The SMILES string of the molecule is CNC(c1cc(Br)sc1Br)C(C)S(C)(=O)=O. The van der Waals surface area contributed by atoms with Gasteiger partial charge in [-0.05, 0) is 57.5 Å². The van der Waals surface area contributed by atoms with Gasteiger partial charge in [-0.15, -0.1) is 11.3 Å². The van der Waals surface area contributed by atoms with Crippen molar-refractivity contribution < 1.29 is 8.42 Å². The van der Waals surface area contributed by atoms with E-state index < -0.39 is 15.1 Å². The second-order valence-corrected chi connectivity index (χ2v) is 9.73. The quantitative estimate of drug-likeness (QED) is 0.859. The van der Waals surface area contributed by atoms with Crippen LogP contribution in [0.5, 0.6) is 0 Å². The number of hydrogen-bond donors (Lipinski definition) is 1. The van der Waals surface area contributed by atoms with Crippen molar-refractivity contribution in [1.82, 2.24) is 5.32 Å². The van der Waals surface area contributed by atoms with E-state index in [-0.39, 0.29) is 6.04 Å². The maximum absolute atomic E-state index is 11.6. The molecule has 1 N–H and O–H groups in total. The molecular weight excluding hydrogens is 378 g/mol. The Labute approximate surface area is 117 Å². The van der Waals surface area contributed by atoms with E-state index in [0.717, 1.165) is 13.1 Å². The van der Waals surface area contributed by atoms with Gasteiger partial charge in [-0.25, -0.2) is 8.42 Å². The van der Waals surface area contributed by atoms with Gasteiger partial charge in [-0.2, -0.15) is 0 Å². The zero-order chi connectivity index (χ0) is 12.5. The number of thiophene rings is 1. The molecule has 0 aliphatic rings. The Kier molecular flexibility index (Phi) is 5.01. The van der Waals surface area contributed by atoms with Crippen LogP contribution in [0.25, 0.3) is 0 Å². The smallest absolute Gasteiger partial charge is 0.151 e. The standard InChI is InChI=1S/C9H13Br2NO2S2/c1-5(16(3,13)14)8(12-2)6-4-7(10)15-9(6)11/h4-5,8,12H,1-3H3. The highest BCUT2D eigenvalue weighted by atomic mass is 79.9. The molecule has 0 bridgehead atoms. The fourth-order valence-electron chi connectivity index (χ4n) is 1.46. The van der Waals surface area contributed by atoms with Crippen molar-refractivity contribution in [2.45, 2.75) is 18.2 Å². The van der Waals surface area contributed by atoms with Crippen molar-refractivity contribution in [2.75, 3.05) is 13.3 Å². The second kappa shape index (κ2) is 5.48. The third kappa shape index (κ3) is 3.29. The maximum atomic E-state index is 11.6. The van der Waals surface area contributed by atoms with Crippen LogP contribution in [0.15, 0.2) is 13.6 Å². The van der Waals surface area contributed by atoms with Crippen molar-refractivity contribution in [3.05, 3.63) is 19.2 Å². The maximum Gasteiger partial charge on any atom is 0.151 e. The minimum Gasteiger partial charge on any atom is -0.312 e. The van der Waals surface area contributed by atoms with Crippen LogP contribution in [0.3, 0.4) is 0 Å². The lowest BCUT2D eigenvalue weighted by molar-refractivity contribution is 0.535. The van der Waals surface area contributed by atoms with Gasteiger partial charge in [0, 0.05) is 6.26 Å². The summed E-state index contributed by atoms with van der Waals surface area (Å²) in [5, 5.41) is 2.59. The van der Waals surface area contributed by atoms with Crippen LogP contribution in [-0.2, 0) is 9.84 Å². The summed E-state index contributed by atoms with van der Waals surface area (Å²) in [6.07, 6.45) is 1.26. The average Bonchev–Trinajstić information content (AvgIpc) is 2.45. The summed E-state index contributed by atoms with van der Waals surface area (Å²) in [4.78, 5) is 0. The number of rotatable bonds is 4. The summed E-state index contributed by atoms with van der Waals surface area (Å²) < 4.78 is 25.1. The normalized spacial score (nSPS) is 16.1. The summed E-state index contributed by atoms with van der Waals surface area (Å²) in [5.74, 6) is 0. The first-order chi connectivity index (χ1) is 7.27. The number of hydrogen-bond acceptors (Lipinski definition) is 4. The van der Waals surface area contributed by atoms with Crippen LogP contribution in [0.4, 0.5) is 0 Å². The van der Waals surface area contributed by atoms with Crippen LogP contribution in [0.1, 0.15) is 18.5 Å². The van der Waals surface area contributed by atoms with E-state index in [2.05, 4.69) is 37.2 Å². The molecule has 3 nitrogen and oxygen atoms in total. The highest BCUT2D eigenvalue weighted by Gasteiger charge is 2.28. The molecule has 0 aromatic carbocycles. The lowest BCUT2D eigenvalue weighted by atomic mass is 10.1. The molecule has 16 heavy (non-hydrogen) atoms. The Morgan fingerprint density at radius 2 is 2.00 bits per heavy atom. The Balaban J connectivity index is 3.13. The summed E-state index contributed by atoms with van der Waals surface area (Å²) >= 11 is 8.38. The third-order valence-corrected chi connectivity index (χ3v) is 6.48. The molecular formula is C9H13Br2NO2S2. The average molecular weight is 391 g/mol. The van der Waals surface area contributed by atoms with Crippen molar-refractivity contribution in [3.63, 3.8) is 0 Å². The Morgan fingerprint density at radius 3 is 2.31 bits per heavy atom.